The molecule has 0 radical (unpaired) electrons. The Morgan fingerprint density at radius 2 is 2.57 bits per heavy atom. The van der Waals surface area contributed by atoms with Crippen LogP contribution >= 0.6 is 11.3 Å². The normalized spacial score (nSPS) is 23.9. The Balaban J connectivity index is 1.86. The van der Waals surface area contributed by atoms with Crippen molar-refractivity contribution in [1.29, 1.82) is 0 Å². The molecule has 78 valence electrons. The van der Waals surface area contributed by atoms with Gasteiger partial charge in [0.1, 0.15) is 0 Å². The predicted molar refractivity (Wildman–Crippen MR) is 57.2 cm³/mol. The molecule has 3 nitrogen and oxygen atoms in total. The summed E-state index contributed by atoms with van der Waals surface area (Å²) in [7, 11) is 0. The molecule has 1 N–H and O–H groups in total. The molecule has 1 atom stereocenters. The highest BCUT2D eigenvalue weighted by molar-refractivity contribution is 7.07. The van der Waals surface area contributed by atoms with Crippen LogP contribution in [-0.4, -0.2) is 34.7 Å². The lowest BCUT2D eigenvalue weighted by atomic mass is 9.99. The van der Waals surface area contributed by atoms with Crippen LogP contribution in [0, 0.1) is 5.92 Å². The van der Waals surface area contributed by atoms with Crippen LogP contribution in [0.25, 0.3) is 0 Å². The molecule has 1 unspecified atom stereocenters. The first-order valence-corrected chi connectivity index (χ1v) is 6.03. The van der Waals surface area contributed by atoms with Gasteiger partial charge in [-0.25, -0.2) is 4.98 Å². The molecule has 0 spiro atoms. The summed E-state index contributed by atoms with van der Waals surface area (Å²) >= 11 is 1.65. The Morgan fingerprint density at radius 3 is 3.29 bits per heavy atom. The SMILES string of the molecule is OCC1CCCN(Cc2cscn2)C1. The molecular formula is C10H16N2OS. The van der Waals surface area contributed by atoms with E-state index in [1.807, 2.05) is 5.51 Å². The van der Waals surface area contributed by atoms with Gasteiger partial charge in [0.25, 0.3) is 0 Å². The van der Waals surface area contributed by atoms with Gasteiger partial charge in [-0.1, -0.05) is 0 Å². The maximum absolute atomic E-state index is 9.09. The first kappa shape index (κ1) is 10.1. The molecule has 0 aliphatic carbocycles. The zero-order valence-electron chi connectivity index (χ0n) is 8.22. The Labute approximate surface area is 88.4 Å². The van der Waals surface area contributed by atoms with Crippen molar-refractivity contribution in [2.75, 3.05) is 19.7 Å². The molecule has 1 aromatic heterocycles. The number of aromatic nitrogens is 1. The van der Waals surface area contributed by atoms with E-state index in [2.05, 4.69) is 15.3 Å². The highest BCUT2D eigenvalue weighted by atomic mass is 32.1. The molecule has 0 saturated carbocycles. The third-order valence-corrected chi connectivity index (χ3v) is 3.37. The van der Waals surface area contributed by atoms with E-state index in [1.165, 1.54) is 12.8 Å². The zero-order chi connectivity index (χ0) is 9.80. The molecule has 1 fully saturated rings. The second-order valence-electron chi connectivity index (χ2n) is 3.91. The quantitative estimate of drug-likeness (QED) is 0.821. The van der Waals surface area contributed by atoms with Gasteiger partial charge in [-0.05, 0) is 25.3 Å². The average molecular weight is 212 g/mol. The number of piperidine rings is 1. The second kappa shape index (κ2) is 4.87. The van der Waals surface area contributed by atoms with Gasteiger partial charge in [-0.2, -0.15) is 0 Å². The van der Waals surface area contributed by atoms with Crippen LogP contribution in [-0.2, 0) is 6.54 Å². The van der Waals surface area contributed by atoms with Gasteiger partial charge in [0.05, 0.1) is 11.2 Å². The first-order valence-electron chi connectivity index (χ1n) is 5.09. The highest BCUT2D eigenvalue weighted by Crippen LogP contribution is 2.17. The van der Waals surface area contributed by atoms with E-state index in [0.29, 0.717) is 12.5 Å². The van der Waals surface area contributed by atoms with Gasteiger partial charge in [-0.15, -0.1) is 11.3 Å². The Hall–Kier alpha value is -0.450. The largest absolute Gasteiger partial charge is 0.396 e. The lowest BCUT2D eigenvalue weighted by Crippen LogP contribution is -2.36. The van der Waals surface area contributed by atoms with Crippen molar-refractivity contribution in [2.45, 2.75) is 19.4 Å². The second-order valence-corrected chi connectivity index (χ2v) is 4.62. The van der Waals surface area contributed by atoms with Crippen molar-refractivity contribution in [3.63, 3.8) is 0 Å². The number of likely N-dealkylation sites (tertiary alicyclic amines) is 1. The minimum absolute atomic E-state index is 0.327. The smallest absolute Gasteiger partial charge is 0.0795 e. The predicted octanol–water partition coefficient (Wildman–Crippen LogP) is 1.35. The van der Waals surface area contributed by atoms with Crippen LogP contribution in [0.2, 0.25) is 0 Å². The number of nitrogens with zero attached hydrogens (tertiary/aromatic N) is 2. The number of thiazole rings is 1. The van der Waals surface area contributed by atoms with E-state index in [1.54, 1.807) is 11.3 Å². The minimum atomic E-state index is 0.327. The van der Waals surface area contributed by atoms with Crippen molar-refractivity contribution >= 4 is 11.3 Å². The van der Waals surface area contributed by atoms with Crippen molar-refractivity contribution in [3.05, 3.63) is 16.6 Å². The van der Waals surface area contributed by atoms with E-state index in [-0.39, 0.29) is 0 Å². The number of aliphatic hydroxyl groups is 1. The molecule has 2 rings (SSSR count). The van der Waals surface area contributed by atoms with E-state index in [9.17, 15) is 0 Å². The number of aliphatic hydroxyl groups excluding tert-OH is 1. The third kappa shape index (κ3) is 2.53. The summed E-state index contributed by atoms with van der Waals surface area (Å²) in [5.74, 6) is 0.474. The Morgan fingerprint density at radius 1 is 1.64 bits per heavy atom. The topological polar surface area (TPSA) is 36.4 Å². The van der Waals surface area contributed by atoms with Crippen LogP contribution in [0.15, 0.2) is 10.9 Å². The van der Waals surface area contributed by atoms with Gasteiger partial charge >= 0.3 is 0 Å². The molecule has 1 aliphatic heterocycles. The molecule has 0 bridgehead atoms. The maximum atomic E-state index is 9.09. The summed E-state index contributed by atoms with van der Waals surface area (Å²) in [5, 5.41) is 11.2. The molecule has 0 amide bonds. The Kier molecular flexibility index (Phi) is 3.50. The van der Waals surface area contributed by atoms with E-state index in [4.69, 9.17) is 5.11 Å². The van der Waals surface area contributed by atoms with E-state index in [0.717, 1.165) is 25.3 Å². The van der Waals surface area contributed by atoms with Gasteiger partial charge in [-0.3, -0.25) is 4.90 Å². The van der Waals surface area contributed by atoms with Crippen molar-refractivity contribution in [3.8, 4) is 0 Å². The molecule has 1 aliphatic rings. The van der Waals surface area contributed by atoms with Crippen LogP contribution < -0.4 is 0 Å². The molecule has 2 heterocycles. The number of rotatable bonds is 3. The fraction of sp³-hybridized carbons (Fsp3) is 0.700. The van der Waals surface area contributed by atoms with Crippen molar-refractivity contribution < 1.29 is 5.11 Å². The number of hydrogen-bond donors (Lipinski definition) is 1. The fourth-order valence-electron chi connectivity index (χ4n) is 1.99. The van der Waals surface area contributed by atoms with Gasteiger partial charge in [0.15, 0.2) is 0 Å². The van der Waals surface area contributed by atoms with Crippen LogP contribution in [0.5, 0.6) is 0 Å². The molecule has 14 heavy (non-hydrogen) atoms. The van der Waals surface area contributed by atoms with Crippen molar-refractivity contribution in [2.24, 2.45) is 5.92 Å². The van der Waals surface area contributed by atoms with E-state index < -0.39 is 0 Å². The molecule has 0 aromatic carbocycles. The molecular weight excluding hydrogens is 196 g/mol. The van der Waals surface area contributed by atoms with Gasteiger partial charge < -0.3 is 5.11 Å². The summed E-state index contributed by atoms with van der Waals surface area (Å²) in [5.41, 5.74) is 3.04. The third-order valence-electron chi connectivity index (χ3n) is 2.73. The maximum Gasteiger partial charge on any atom is 0.0795 e. The fourth-order valence-corrected chi connectivity index (χ4v) is 2.54. The Bertz CT molecular complexity index is 263. The zero-order valence-corrected chi connectivity index (χ0v) is 9.04. The molecule has 4 heteroatoms. The summed E-state index contributed by atoms with van der Waals surface area (Å²) in [4.78, 5) is 6.66. The highest BCUT2D eigenvalue weighted by Gasteiger charge is 2.19. The molecule has 1 saturated heterocycles. The van der Waals surface area contributed by atoms with Crippen LogP contribution in [0.3, 0.4) is 0 Å². The number of hydrogen-bond acceptors (Lipinski definition) is 4. The summed E-state index contributed by atoms with van der Waals surface area (Å²) in [6, 6.07) is 0. The lowest BCUT2D eigenvalue weighted by Gasteiger charge is -2.31. The summed E-state index contributed by atoms with van der Waals surface area (Å²) < 4.78 is 0. The first-order chi connectivity index (χ1) is 6.88. The van der Waals surface area contributed by atoms with E-state index >= 15 is 0 Å². The monoisotopic (exact) mass is 212 g/mol. The average Bonchev–Trinajstić information content (AvgIpc) is 2.71. The standard InChI is InChI=1S/C10H16N2OS/c13-6-9-2-1-3-12(4-9)5-10-7-14-8-11-10/h7-9,13H,1-6H2. The lowest BCUT2D eigenvalue weighted by molar-refractivity contribution is 0.115. The van der Waals surface area contributed by atoms with Gasteiger partial charge in [0, 0.05) is 25.1 Å². The minimum Gasteiger partial charge on any atom is -0.396 e. The summed E-state index contributed by atoms with van der Waals surface area (Å²) in [6.45, 7) is 3.44. The summed E-state index contributed by atoms with van der Waals surface area (Å²) in [6.07, 6.45) is 2.37. The van der Waals surface area contributed by atoms with Crippen LogP contribution in [0.1, 0.15) is 18.5 Å². The molecule has 1 aromatic rings. The van der Waals surface area contributed by atoms with Crippen molar-refractivity contribution in [1.82, 2.24) is 9.88 Å². The van der Waals surface area contributed by atoms with Crippen LogP contribution in [0.4, 0.5) is 0 Å². The van der Waals surface area contributed by atoms with Gasteiger partial charge in [0.2, 0.25) is 0 Å².